The molecule has 1 saturated heterocycles. The van der Waals surface area contributed by atoms with Gasteiger partial charge in [-0.1, -0.05) is 19.9 Å². The van der Waals surface area contributed by atoms with Gasteiger partial charge < -0.3 is 10.6 Å². The first-order valence-electron chi connectivity index (χ1n) is 7.22. The Balaban J connectivity index is 2.05. The van der Waals surface area contributed by atoms with E-state index < -0.39 is 10.8 Å². The Morgan fingerprint density at radius 3 is 2.67 bits per heavy atom. The molecule has 1 aliphatic rings. The lowest BCUT2D eigenvalue weighted by Gasteiger charge is -2.40. The van der Waals surface area contributed by atoms with Gasteiger partial charge in [-0.25, -0.2) is 4.98 Å². The van der Waals surface area contributed by atoms with E-state index in [0.29, 0.717) is 11.7 Å². The van der Waals surface area contributed by atoms with Crippen LogP contribution in [0.15, 0.2) is 24.4 Å². The number of benzene rings is 1. The number of anilines is 2. The van der Waals surface area contributed by atoms with Crippen LogP contribution in [0.4, 0.5) is 11.5 Å². The number of fused-ring (bicyclic) bond motifs is 1. The fourth-order valence-corrected chi connectivity index (χ4v) is 3.67. The van der Waals surface area contributed by atoms with Gasteiger partial charge in [-0.05, 0) is 29.0 Å². The van der Waals surface area contributed by atoms with Crippen LogP contribution < -0.4 is 10.6 Å². The van der Waals surface area contributed by atoms with Crippen LogP contribution in [-0.4, -0.2) is 33.8 Å². The summed E-state index contributed by atoms with van der Waals surface area (Å²) in [6.07, 6.45) is 3.65. The maximum absolute atomic E-state index is 11.5. The SMILES string of the molecule is CC(C)c1ccc(N2CC(S(C)=O)C2)c2cnc(N)cc12. The molecule has 5 heteroatoms. The van der Waals surface area contributed by atoms with E-state index in [1.807, 2.05) is 12.3 Å². The highest BCUT2D eigenvalue weighted by atomic mass is 32.2. The lowest BCUT2D eigenvalue weighted by molar-refractivity contribution is 0.603. The fraction of sp³-hybridized carbons (Fsp3) is 0.438. The highest BCUT2D eigenvalue weighted by Gasteiger charge is 2.30. The topological polar surface area (TPSA) is 59.2 Å². The lowest BCUT2D eigenvalue weighted by atomic mass is 9.95. The average molecular weight is 303 g/mol. The number of hydrogen-bond acceptors (Lipinski definition) is 4. The van der Waals surface area contributed by atoms with E-state index in [1.165, 1.54) is 16.6 Å². The summed E-state index contributed by atoms with van der Waals surface area (Å²) in [5.74, 6) is 0.994. The number of rotatable bonds is 3. The van der Waals surface area contributed by atoms with Crippen LogP contribution in [0.1, 0.15) is 25.3 Å². The van der Waals surface area contributed by atoms with E-state index in [2.05, 4.69) is 35.9 Å². The summed E-state index contributed by atoms with van der Waals surface area (Å²) in [7, 11) is -0.744. The number of hydrogen-bond donors (Lipinski definition) is 1. The Morgan fingerprint density at radius 2 is 2.05 bits per heavy atom. The third-order valence-corrected chi connectivity index (χ3v) is 5.45. The minimum absolute atomic E-state index is 0.284. The first-order chi connectivity index (χ1) is 9.97. The van der Waals surface area contributed by atoms with Crippen molar-refractivity contribution in [2.45, 2.75) is 25.0 Å². The molecule has 0 bridgehead atoms. The van der Waals surface area contributed by atoms with E-state index in [0.717, 1.165) is 18.5 Å². The van der Waals surface area contributed by atoms with Gasteiger partial charge in [-0.15, -0.1) is 0 Å². The van der Waals surface area contributed by atoms with Crippen LogP contribution in [0.25, 0.3) is 10.8 Å². The molecule has 21 heavy (non-hydrogen) atoms. The summed E-state index contributed by atoms with van der Waals surface area (Å²) in [4.78, 5) is 6.53. The van der Waals surface area contributed by atoms with Gasteiger partial charge in [0.25, 0.3) is 0 Å². The summed E-state index contributed by atoms with van der Waals surface area (Å²) in [5, 5.41) is 2.60. The predicted molar refractivity (Wildman–Crippen MR) is 90.3 cm³/mol. The Bertz CT molecular complexity index is 708. The number of aromatic nitrogens is 1. The molecule has 1 aromatic heterocycles. The second kappa shape index (κ2) is 5.30. The molecule has 112 valence electrons. The molecule has 1 aromatic carbocycles. The van der Waals surface area contributed by atoms with Gasteiger partial charge >= 0.3 is 0 Å². The zero-order chi connectivity index (χ0) is 15.1. The minimum atomic E-state index is -0.744. The van der Waals surface area contributed by atoms with Crippen molar-refractivity contribution in [3.63, 3.8) is 0 Å². The Kier molecular flexibility index (Phi) is 3.61. The van der Waals surface area contributed by atoms with Gasteiger partial charge in [-0.2, -0.15) is 0 Å². The van der Waals surface area contributed by atoms with Crippen LogP contribution in [0.5, 0.6) is 0 Å². The van der Waals surface area contributed by atoms with E-state index >= 15 is 0 Å². The van der Waals surface area contributed by atoms with Crippen LogP contribution in [0, 0.1) is 0 Å². The lowest BCUT2D eigenvalue weighted by Crippen LogP contribution is -2.52. The van der Waals surface area contributed by atoms with Crippen molar-refractivity contribution in [3.8, 4) is 0 Å². The van der Waals surface area contributed by atoms with Crippen molar-refractivity contribution in [1.82, 2.24) is 4.98 Å². The molecule has 0 spiro atoms. The normalized spacial score (nSPS) is 17.2. The van der Waals surface area contributed by atoms with Crippen molar-refractivity contribution in [3.05, 3.63) is 30.0 Å². The quantitative estimate of drug-likeness (QED) is 0.946. The van der Waals surface area contributed by atoms with Gasteiger partial charge in [0, 0.05) is 47.4 Å². The number of nitrogen functional groups attached to an aromatic ring is 1. The summed E-state index contributed by atoms with van der Waals surface area (Å²) in [6.45, 7) is 6.07. The third-order valence-electron chi connectivity index (χ3n) is 4.21. The largest absolute Gasteiger partial charge is 0.384 e. The average Bonchev–Trinajstić information content (AvgIpc) is 2.35. The van der Waals surface area contributed by atoms with E-state index in [-0.39, 0.29) is 5.25 Å². The van der Waals surface area contributed by atoms with Gasteiger partial charge in [0.1, 0.15) is 5.82 Å². The second-order valence-corrected chi connectivity index (χ2v) is 7.67. The molecule has 4 nitrogen and oxygen atoms in total. The van der Waals surface area contributed by atoms with Crippen LogP contribution in [0.3, 0.4) is 0 Å². The van der Waals surface area contributed by atoms with Crippen LogP contribution in [0.2, 0.25) is 0 Å². The highest BCUT2D eigenvalue weighted by Crippen LogP contribution is 2.35. The monoisotopic (exact) mass is 303 g/mol. The smallest absolute Gasteiger partial charge is 0.123 e. The number of nitrogens with two attached hydrogens (primary N) is 1. The van der Waals surface area contributed by atoms with Crippen molar-refractivity contribution in [2.75, 3.05) is 30.0 Å². The standard InChI is InChI=1S/C16H21N3OS/c1-10(2)12-4-5-15(19-8-11(9-19)21(3)20)14-7-18-16(17)6-13(12)14/h4-7,10-11H,8-9H2,1-3H3,(H2,17,18). The van der Waals surface area contributed by atoms with E-state index in [9.17, 15) is 4.21 Å². The highest BCUT2D eigenvalue weighted by molar-refractivity contribution is 7.85. The summed E-state index contributed by atoms with van der Waals surface area (Å²) in [5.41, 5.74) is 8.32. The van der Waals surface area contributed by atoms with Gasteiger partial charge in [0.05, 0.1) is 5.25 Å². The van der Waals surface area contributed by atoms with Crippen LogP contribution in [-0.2, 0) is 10.8 Å². The molecule has 3 rings (SSSR count). The Labute approximate surface area is 127 Å². The summed E-state index contributed by atoms with van der Waals surface area (Å²) >= 11 is 0. The van der Waals surface area contributed by atoms with E-state index in [4.69, 9.17) is 5.73 Å². The number of pyridine rings is 1. The molecule has 0 radical (unpaired) electrons. The number of nitrogens with zero attached hydrogens (tertiary/aromatic N) is 2. The van der Waals surface area contributed by atoms with Gasteiger partial charge in [0.15, 0.2) is 0 Å². The molecule has 2 N–H and O–H groups in total. The zero-order valence-electron chi connectivity index (χ0n) is 12.7. The molecule has 0 aliphatic carbocycles. The molecule has 1 fully saturated rings. The fourth-order valence-electron chi connectivity index (χ4n) is 2.89. The van der Waals surface area contributed by atoms with Gasteiger partial charge in [0.2, 0.25) is 0 Å². The summed E-state index contributed by atoms with van der Waals surface area (Å²) < 4.78 is 11.5. The Hall–Kier alpha value is -1.62. The minimum Gasteiger partial charge on any atom is -0.384 e. The van der Waals surface area contributed by atoms with Gasteiger partial charge in [-0.3, -0.25) is 4.21 Å². The van der Waals surface area contributed by atoms with Crippen molar-refractivity contribution in [1.29, 1.82) is 0 Å². The maximum atomic E-state index is 11.5. The second-order valence-electron chi connectivity index (χ2n) is 6.01. The molecule has 2 heterocycles. The molecule has 2 aromatic rings. The van der Waals surface area contributed by atoms with Crippen molar-refractivity contribution in [2.24, 2.45) is 0 Å². The first-order valence-corrected chi connectivity index (χ1v) is 8.84. The third kappa shape index (κ3) is 2.50. The molecule has 0 saturated carbocycles. The Morgan fingerprint density at radius 1 is 1.33 bits per heavy atom. The van der Waals surface area contributed by atoms with Crippen molar-refractivity contribution >= 4 is 33.1 Å². The molecule has 0 amide bonds. The molecular weight excluding hydrogens is 282 g/mol. The molecule has 1 aliphatic heterocycles. The summed E-state index contributed by atoms with van der Waals surface area (Å²) in [6, 6.07) is 6.30. The molecule has 1 atom stereocenters. The molecule has 1 unspecified atom stereocenters. The maximum Gasteiger partial charge on any atom is 0.123 e. The van der Waals surface area contributed by atoms with Crippen molar-refractivity contribution < 1.29 is 4.21 Å². The molecular formula is C16H21N3OS. The van der Waals surface area contributed by atoms with Crippen LogP contribution >= 0.6 is 0 Å². The zero-order valence-corrected chi connectivity index (χ0v) is 13.5. The predicted octanol–water partition coefficient (Wildman–Crippen LogP) is 2.51. The first kappa shape index (κ1) is 14.3. The van der Waals surface area contributed by atoms with E-state index in [1.54, 1.807) is 6.26 Å².